The lowest BCUT2D eigenvalue weighted by Crippen LogP contribution is -2.03. The minimum Gasteiger partial charge on any atom is -0.300 e. The number of benzene rings is 1. The van der Waals surface area contributed by atoms with E-state index in [0.717, 1.165) is 16.7 Å². The van der Waals surface area contributed by atoms with Crippen LogP contribution in [0.2, 0.25) is 0 Å². The standard InChI is InChI=1S/C11H12ClN3O2S/c1-7-4-5-8(2)9(6-7)10-13-14-11(15(10)3)18(12,16)17/h4-6H,1-3H3. The highest BCUT2D eigenvalue weighted by Crippen LogP contribution is 2.24. The second kappa shape index (κ2) is 4.37. The fourth-order valence-electron chi connectivity index (χ4n) is 1.74. The Morgan fingerprint density at radius 2 is 1.89 bits per heavy atom. The average Bonchev–Trinajstić information content (AvgIpc) is 2.63. The van der Waals surface area contributed by atoms with Gasteiger partial charge >= 0.3 is 0 Å². The molecule has 2 aromatic rings. The zero-order valence-corrected chi connectivity index (χ0v) is 11.7. The largest absolute Gasteiger partial charge is 0.300 e. The third kappa shape index (κ3) is 2.26. The number of nitrogens with zero attached hydrogens (tertiary/aromatic N) is 3. The van der Waals surface area contributed by atoms with Crippen molar-refractivity contribution in [1.82, 2.24) is 14.8 Å². The summed E-state index contributed by atoms with van der Waals surface area (Å²) >= 11 is 0. The second-order valence-corrected chi connectivity index (χ2v) is 6.58. The van der Waals surface area contributed by atoms with Crippen molar-refractivity contribution in [3.05, 3.63) is 29.3 Å². The molecule has 0 saturated heterocycles. The summed E-state index contributed by atoms with van der Waals surface area (Å²) in [7, 11) is 2.98. The van der Waals surface area contributed by atoms with Gasteiger partial charge in [-0.15, -0.1) is 10.2 Å². The molecule has 0 bridgehead atoms. The smallest absolute Gasteiger partial charge is 0.296 e. The number of aryl methyl sites for hydroxylation is 2. The van der Waals surface area contributed by atoms with Crippen LogP contribution in [0, 0.1) is 13.8 Å². The van der Waals surface area contributed by atoms with Gasteiger partial charge < -0.3 is 0 Å². The maximum atomic E-state index is 11.3. The first-order valence-electron chi connectivity index (χ1n) is 5.22. The summed E-state index contributed by atoms with van der Waals surface area (Å²) in [4.78, 5) is 0. The van der Waals surface area contributed by atoms with Crippen LogP contribution in [-0.2, 0) is 16.1 Å². The monoisotopic (exact) mass is 285 g/mol. The Hall–Kier alpha value is -1.40. The van der Waals surface area contributed by atoms with E-state index in [1.165, 1.54) is 4.57 Å². The molecule has 0 atom stereocenters. The number of hydrogen-bond acceptors (Lipinski definition) is 4. The van der Waals surface area contributed by atoms with Gasteiger partial charge in [-0.1, -0.05) is 17.7 Å². The first kappa shape index (κ1) is 13.0. The topological polar surface area (TPSA) is 64.8 Å². The fraction of sp³-hybridized carbons (Fsp3) is 0.273. The highest BCUT2D eigenvalue weighted by atomic mass is 35.7. The van der Waals surface area contributed by atoms with E-state index in [2.05, 4.69) is 10.2 Å². The van der Waals surface area contributed by atoms with E-state index in [4.69, 9.17) is 10.7 Å². The molecule has 1 heterocycles. The van der Waals surface area contributed by atoms with Gasteiger partial charge in [-0.3, -0.25) is 4.57 Å². The van der Waals surface area contributed by atoms with Crippen molar-refractivity contribution in [2.45, 2.75) is 19.0 Å². The van der Waals surface area contributed by atoms with E-state index in [-0.39, 0.29) is 5.16 Å². The van der Waals surface area contributed by atoms with Gasteiger partial charge in [0.1, 0.15) is 0 Å². The minimum atomic E-state index is -3.88. The molecule has 1 aromatic heterocycles. The Morgan fingerprint density at radius 3 is 2.44 bits per heavy atom. The van der Waals surface area contributed by atoms with Gasteiger partial charge in [0.15, 0.2) is 5.82 Å². The fourth-order valence-corrected chi connectivity index (χ4v) is 2.69. The molecule has 0 radical (unpaired) electrons. The van der Waals surface area contributed by atoms with Crippen molar-refractivity contribution in [3.8, 4) is 11.4 Å². The van der Waals surface area contributed by atoms with Gasteiger partial charge in [0.2, 0.25) is 0 Å². The first-order valence-corrected chi connectivity index (χ1v) is 7.53. The van der Waals surface area contributed by atoms with Crippen molar-refractivity contribution < 1.29 is 8.42 Å². The normalized spacial score (nSPS) is 11.8. The first-order chi connectivity index (χ1) is 8.30. The zero-order valence-electron chi connectivity index (χ0n) is 10.2. The molecule has 96 valence electrons. The third-order valence-electron chi connectivity index (χ3n) is 2.69. The molecule has 18 heavy (non-hydrogen) atoms. The summed E-state index contributed by atoms with van der Waals surface area (Å²) in [6.45, 7) is 3.89. The van der Waals surface area contributed by atoms with E-state index < -0.39 is 9.05 Å². The number of hydrogen-bond donors (Lipinski definition) is 0. The molecule has 0 amide bonds. The van der Waals surface area contributed by atoms with Crippen molar-refractivity contribution in [3.63, 3.8) is 0 Å². The number of rotatable bonds is 2. The van der Waals surface area contributed by atoms with Gasteiger partial charge in [0.25, 0.3) is 14.2 Å². The summed E-state index contributed by atoms with van der Waals surface area (Å²) in [6.07, 6.45) is 0. The molecule has 0 aliphatic rings. The van der Waals surface area contributed by atoms with Gasteiger partial charge in [0.05, 0.1) is 0 Å². The molecule has 2 rings (SSSR count). The van der Waals surface area contributed by atoms with Crippen LogP contribution in [0.5, 0.6) is 0 Å². The molecule has 1 aromatic carbocycles. The summed E-state index contributed by atoms with van der Waals surface area (Å²) in [5.41, 5.74) is 2.90. The lowest BCUT2D eigenvalue weighted by Gasteiger charge is -2.06. The summed E-state index contributed by atoms with van der Waals surface area (Å²) in [5.74, 6) is 0.482. The summed E-state index contributed by atoms with van der Waals surface area (Å²) < 4.78 is 24.0. The van der Waals surface area contributed by atoms with Gasteiger partial charge in [-0.25, -0.2) is 8.42 Å². The van der Waals surface area contributed by atoms with Gasteiger partial charge in [-0.2, -0.15) is 0 Å². The highest BCUT2D eigenvalue weighted by Gasteiger charge is 2.21. The third-order valence-corrected chi connectivity index (χ3v) is 3.89. The Balaban J connectivity index is 2.67. The zero-order chi connectivity index (χ0) is 13.5. The van der Waals surface area contributed by atoms with Gasteiger partial charge in [0, 0.05) is 23.3 Å². The maximum absolute atomic E-state index is 11.3. The predicted molar refractivity (Wildman–Crippen MR) is 69.0 cm³/mol. The molecule has 0 unspecified atom stereocenters. The molecular weight excluding hydrogens is 274 g/mol. The average molecular weight is 286 g/mol. The van der Waals surface area contributed by atoms with Crippen molar-refractivity contribution >= 4 is 19.7 Å². The number of aromatic nitrogens is 3. The molecular formula is C11H12ClN3O2S. The lowest BCUT2D eigenvalue weighted by atomic mass is 10.1. The Bertz CT molecular complexity index is 707. The van der Waals surface area contributed by atoms with E-state index in [9.17, 15) is 8.42 Å². The molecule has 0 aliphatic heterocycles. The molecule has 0 fully saturated rings. The van der Waals surface area contributed by atoms with Crippen LogP contribution in [0.3, 0.4) is 0 Å². The van der Waals surface area contributed by atoms with Gasteiger partial charge in [-0.05, 0) is 25.5 Å². The van der Waals surface area contributed by atoms with E-state index in [1.54, 1.807) is 7.05 Å². The van der Waals surface area contributed by atoms with E-state index >= 15 is 0 Å². The van der Waals surface area contributed by atoms with Crippen LogP contribution in [-0.4, -0.2) is 23.2 Å². The lowest BCUT2D eigenvalue weighted by molar-refractivity contribution is 0.593. The van der Waals surface area contributed by atoms with E-state index in [0.29, 0.717) is 5.82 Å². The summed E-state index contributed by atoms with van der Waals surface area (Å²) in [6, 6.07) is 5.87. The van der Waals surface area contributed by atoms with Crippen molar-refractivity contribution in [2.75, 3.05) is 0 Å². The van der Waals surface area contributed by atoms with Crippen LogP contribution in [0.15, 0.2) is 23.4 Å². The van der Waals surface area contributed by atoms with E-state index in [1.807, 2.05) is 32.0 Å². The quantitative estimate of drug-likeness (QED) is 0.792. The Morgan fingerprint density at radius 1 is 1.22 bits per heavy atom. The molecule has 7 heteroatoms. The molecule has 0 spiro atoms. The molecule has 0 saturated carbocycles. The van der Waals surface area contributed by atoms with Crippen molar-refractivity contribution in [2.24, 2.45) is 7.05 Å². The second-order valence-electron chi connectivity index (χ2n) is 4.12. The van der Waals surface area contributed by atoms with Crippen LogP contribution < -0.4 is 0 Å². The SMILES string of the molecule is Cc1ccc(C)c(-c2nnc(S(=O)(=O)Cl)n2C)c1. The number of halogens is 1. The van der Waals surface area contributed by atoms with Crippen LogP contribution in [0.4, 0.5) is 0 Å². The van der Waals surface area contributed by atoms with Crippen LogP contribution in [0.1, 0.15) is 11.1 Å². The van der Waals surface area contributed by atoms with Crippen LogP contribution >= 0.6 is 10.7 Å². The Kier molecular flexibility index (Phi) is 3.16. The minimum absolute atomic E-state index is 0.250. The molecule has 5 nitrogen and oxygen atoms in total. The highest BCUT2D eigenvalue weighted by molar-refractivity contribution is 8.13. The molecule has 0 N–H and O–H groups in total. The summed E-state index contributed by atoms with van der Waals surface area (Å²) in [5, 5.41) is 7.28. The van der Waals surface area contributed by atoms with Crippen molar-refractivity contribution in [1.29, 1.82) is 0 Å². The van der Waals surface area contributed by atoms with Crippen LogP contribution in [0.25, 0.3) is 11.4 Å². The Labute approximate surface area is 110 Å². The molecule has 0 aliphatic carbocycles. The predicted octanol–water partition coefficient (Wildman–Crippen LogP) is 2.03. The maximum Gasteiger partial charge on any atom is 0.296 e.